The fourth-order valence-corrected chi connectivity index (χ4v) is 1.49. The fourth-order valence-electron chi connectivity index (χ4n) is 1.49. The van der Waals surface area contributed by atoms with Crippen molar-refractivity contribution in [1.29, 1.82) is 0 Å². The molecule has 4 nitrogen and oxygen atoms in total. The van der Waals surface area contributed by atoms with E-state index in [4.69, 9.17) is 0 Å². The Morgan fingerprint density at radius 3 is 2.24 bits per heavy atom. The van der Waals surface area contributed by atoms with Crippen LogP contribution in [0, 0.1) is 23.3 Å². The van der Waals surface area contributed by atoms with Crippen LogP contribution in [-0.4, -0.2) is 16.4 Å². The largest absolute Gasteiger partial charge is 0.504 e. The maximum Gasteiger partial charge on any atom is 0.186 e. The molecule has 2 aromatic carbocycles. The highest BCUT2D eigenvalue weighted by Crippen LogP contribution is 2.27. The van der Waals surface area contributed by atoms with Crippen molar-refractivity contribution in [2.75, 3.05) is 5.43 Å². The van der Waals surface area contributed by atoms with Gasteiger partial charge in [0, 0.05) is 11.6 Å². The Balaban J connectivity index is 2.28. The van der Waals surface area contributed by atoms with Gasteiger partial charge in [-0.3, -0.25) is 5.43 Å². The number of para-hydroxylation sites is 1. The number of hydrogen-bond acceptors (Lipinski definition) is 4. The third-order valence-electron chi connectivity index (χ3n) is 2.54. The second kappa shape index (κ2) is 5.70. The minimum Gasteiger partial charge on any atom is -0.504 e. The number of nitrogens with zero attached hydrogens (tertiary/aromatic N) is 1. The minimum absolute atomic E-state index is 0.0280. The van der Waals surface area contributed by atoms with E-state index < -0.39 is 40.5 Å². The van der Waals surface area contributed by atoms with Crippen molar-refractivity contribution in [3.8, 4) is 11.5 Å². The van der Waals surface area contributed by atoms with E-state index in [2.05, 4.69) is 5.10 Å². The van der Waals surface area contributed by atoms with Crippen LogP contribution in [0.25, 0.3) is 0 Å². The van der Waals surface area contributed by atoms with Crippen molar-refractivity contribution >= 4 is 11.9 Å². The van der Waals surface area contributed by atoms with Crippen molar-refractivity contribution in [1.82, 2.24) is 0 Å². The average Bonchev–Trinajstić information content (AvgIpc) is 2.45. The maximum atomic E-state index is 13.3. The summed E-state index contributed by atoms with van der Waals surface area (Å²) in [6.45, 7) is 0. The van der Waals surface area contributed by atoms with E-state index in [1.54, 1.807) is 5.43 Å². The van der Waals surface area contributed by atoms with Gasteiger partial charge in [0.1, 0.15) is 5.69 Å². The summed E-state index contributed by atoms with van der Waals surface area (Å²) >= 11 is 0. The lowest BCUT2D eigenvalue weighted by molar-refractivity contribution is 0.403. The molecule has 110 valence electrons. The number of hydrogen-bond donors (Lipinski definition) is 3. The van der Waals surface area contributed by atoms with E-state index in [1.165, 1.54) is 18.2 Å². The number of nitrogens with one attached hydrogen (secondary N) is 1. The van der Waals surface area contributed by atoms with Crippen molar-refractivity contribution in [3.05, 3.63) is 53.1 Å². The molecule has 21 heavy (non-hydrogen) atoms. The Morgan fingerprint density at radius 1 is 1.00 bits per heavy atom. The summed E-state index contributed by atoms with van der Waals surface area (Å²) in [7, 11) is 0. The summed E-state index contributed by atoms with van der Waals surface area (Å²) in [5.41, 5.74) is 0.725. The molecule has 0 atom stereocenters. The van der Waals surface area contributed by atoms with Gasteiger partial charge >= 0.3 is 0 Å². The summed E-state index contributed by atoms with van der Waals surface area (Å²) in [6, 6.07) is 4.01. The Labute approximate surface area is 116 Å². The molecule has 0 aliphatic carbocycles. The van der Waals surface area contributed by atoms with Gasteiger partial charge in [-0.2, -0.15) is 5.10 Å². The van der Waals surface area contributed by atoms with Crippen LogP contribution in [0.4, 0.5) is 23.2 Å². The number of anilines is 1. The van der Waals surface area contributed by atoms with Gasteiger partial charge in [0.2, 0.25) is 0 Å². The Kier molecular flexibility index (Phi) is 3.97. The van der Waals surface area contributed by atoms with E-state index in [0.29, 0.717) is 0 Å². The average molecular weight is 300 g/mol. The van der Waals surface area contributed by atoms with Gasteiger partial charge in [0.15, 0.2) is 34.8 Å². The number of phenolic OH excluding ortho intramolecular Hbond substituents is 2. The minimum atomic E-state index is -1.63. The number of rotatable bonds is 3. The molecule has 2 aromatic rings. The monoisotopic (exact) mass is 300 g/mol. The molecular weight excluding hydrogens is 292 g/mol. The molecule has 0 aliphatic rings. The van der Waals surface area contributed by atoms with Gasteiger partial charge in [-0.25, -0.2) is 17.6 Å². The maximum absolute atomic E-state index is 13.3. The summed E-state index contributed by atoms with van der Waals surface area (Å²) in [4.78, 5) is 0. The molecule has 2 rings (SSSR count). The van der Waals surface area contributed by atoms with Crippen molar-refractivity contribution in [2.24, 2.45) is 5.10 Å². The lowest BCUT2D eigenvalue weighted by Crippen LogP contribution is -2.02. The number of aromatic hydroxyl groups is 2. The molecule has 0 spiro atoms. The predicted octanol–water partition coefficient (Wildman–Crippen LogP) is 3.10. The van der Waals surface area contributed by atoms with E-state index in [0.717, 1.165) is 6.21 Å². The third kappa shape index (κ3) is 2.88. The molecular formula is C13H8F4N2O2. The van der Waals surface area contributed by atoms with Crippen LogP contribution < -0.4 is 5.43 Å². The van der Waals surface area contributed by atoms with Crippen molar-refractivity contribution in [2.45, 2.75) is 0 Å². The number of phenols is 2. The molecule has 0 radical (unpaired) electrons. The molecule has 0 aromatic heterocycles. The Morgan fingerprint density at radius 2 is 1.62 bits per heavy atom. The fraction of sp³-hybridized carbons (Fsp3) is 0. The number of hydrazone groups is 1. The van der Waals surface area contributed by atoms with Crippen LogP contribution in [0.3, 0.4) is 0 Å². The van der Waals surface area contributed by atoms with E-state index in [-0.39, 0.29) is 11.6 Å². The topological polar surface area (TPSA) is 64.9 Å². The standard InChI is InChI=1S/C13H8F4N2O2/c14-7-4-8(15)11(17)12(10(7)16)19-18-5-6-2-1-3-9(20)13(6)21/h1-5,19-21H. The zero-order chi connectivity index (χ0) is 15.6. The van der Waals surface area contributed by atoms with Crippen LogP contribution in [-0.2, 0) is 0 Å². The smallest absolute Gasteiger partial charge is 0.186 e. The SMILES string of the molecule is Oc1cccc(C=NNc2c(F)c(F)cc(F)c2F)c1O. The highest BCUT2D eigenvalue weighted by molar-refractivity contribution is 5.85. The quantitative estimate of drug-likeness (QED) is 0.268. The molecule has 0 saturated heterocycles. The zero-order valence-electron chi connectivity index (χ0n) is 10.2. The molecule has 0 bridgehead atoms. The van der Waals surface area contributed by atoms with Gasteiger partial charge in [0.25, 0.3) is 0 Å². The van der Waals surface area contributed by atoms with E-state index in [1.807, 2.05) is 0 Å². The first kappa shape index (κ1) is 14.6. The van der Waals surface area contributed by atoms with Crippen LogP contribution in [0.1, 0.15) is 5.56 Å². The van der Waals surface area contributed by atoms with Crippen molar-refractivity contribution < 1.29 is 27.8 Å². The lowest BCUT2D eigenvalue weighted by atomic mass is 10.2. The highest BCUT2D eigenvalue weighted by atomic mass is 19.2. The molecule has 0 heterocycles. The first-order valence-corrected chi connectivity index (χ1v) is 5.54. The summed E-state index contributed by atoms with van der Waals surface area (Å²) in [5, 5.41) is 22.0. The molecule has 0 aliphatic heterocycles. The molecule has 0 unspecified atom stereocenters. The second-order valence-electron chi connectivity index (χ2n) is 3.93. The number of halogens is 4. The normalized spacial score (nSPS) is 11.0. The predicted molar refractivity (Wildman–Crippen MR) is 67.3 cm³/mol. The highest BCUT2D eigenvalue weighted by Gasteiger charge is 2.18. The van der Waals surface area contributed by atoms with Crippen LogP contribution in [0.5, 0.6) is 11.5 Å². The first-order valence-electron chi connectivity index (χ1n) is 5.54. The Hall–Kier alpha value is -2.77. The molecule has 0 amide bonds. The lowest BCUT2D eigenvalue weighted by Gasteiger charge is -2.06. The molecule has 8 heteroatoms. The van der Waals surface area contributed by atoms with Gasteiger partial charge in [-0.15, -0.1) is 0 Å². The summed E-state index contributed by atoms with van der Waals surface area (Å²) < 4.78 is 52.5. The molecule has 0 saturated carbocycles. The van der Waals surface area contributed by atoms with Crippen LogP contribution >= 0.6 is 0 Å². The van der Waals surface area contributed by atoms with Gasteiger partial charge in [-0.05, 0) is 12.1 Å². The zero-order valence-corrected chi connectivity index (χ0v) is 10.2. The summed E-state index contributed by atoms with van der Waals surface area (Å²) in [5.74, 6) is -7.35. The van der Waals surface area contributed by atoms with E-state index >= 15 is 0 Å². The van der Waals surface area contributed by atoms with Crippen LogP contribution in [0.15, 0.2) is 29.4 Å². The van der Waals surface area contributed by atoms with Gasteiger partial charge in [-0.1, -0.05) is 6.07 Å². The summed E-state index contributed by atoms with van der Waals surface area (Å²) in [6.07, 6.45) is 0.913. The second-order valence-corrected chi connectivity index (χ2v) is 3.93. The molecule has 0 fully saturated rings. The third-order valence-corrected chi connectivity index (χ3v) is 2.54. The van der Waals surface area contributed by atoms with Crippen LogP contribution in [0.2, 0.25) is 0 Å². The van der Waals surface area contributed by atoms with E-state index in [9.17, 15) is 27.8 Å². The first-order chi connectivity index (χ1) is 9.91. The van der Waals surface area contributed by atoms with Gasteiger partial charge in [0.05, 0.1) is 6.21 Å². The Bertz CT molecular complexity index is 694. The molecule has 3 N–H and O–H groups in total. The van der Waals surface area contributed by atoms with Crippen molar-refractivity contribution in [3.63, 3.8) is 0 Å². The van der Waals surface area contributed by atoms with Gasteiger partial charge < -0.3 is 10.2 Å². The number of benzene rings is 2.